The maximum Gasteiger partial charge on any atom is 1.00 e. The van der Waals surface area contributed by atoms with Gasteiger partial charge in [-0.15, -0.1) is 3.89 Å². The molecule has 0 aliphatic rings. The van der Waals surface area contributed by atoms with Crippen LogP contribution in [0.4, 0.5) is 25.8 Å². The van der Waals surface area contributed by atoms with Crippen LogP contribution in [0.3, 0.4) is 0 Å². The van der Waals surface area contributed by atoms with Gasteiger partial charge in [-0.2, -0.15) is 26.2 Å². The first kappa shape index (κ1) is 18.7. The van der Waals surface area contributed by atoms with Gasteiger partial charge in [0, 0.05) is 0 Å². The van der Waals surface area contributed by atoms with E-state index in [9.17, 15) is 34.3 Å². The molecule has 0 aromatic carbocycles. The first-order valence-electron chi connectivity index (χ1n) is 2.59. The van der Waals surface area contributed by atoms with Crippen LogP contribution >= 0.6 is 0 Å². The Hall–Kier alpha value is 0.357. The summed E-state index contributed by atoms with van der Waals surface area (Å²) in [4.78, 5) is 1.82. The van der Waals surface area contributed by atoms with Crippen molar-refractivity contribution in [3.63, 3.8) is 0 Å². The molecule has 0 heterocycles. The van der Waals surface area contributed by atoms with E-state index in [1.54, 1.807) is 0 Å². The number of halogens is 6. The normalized spacial score (nSPS) is 16.4. The number of rotatable bonds is 5. The first-order valence-corrected chi connectivity index (χ1v) is 4.59. The molecule has 0 rings (SSSR count). The summed E-state index contributed by atoms with van der Waals surface area (Å²) in [5.41, 5.74) is 0. The van der Waals surface area contributed by atoms with Gasteiger partial charge in [-0.3, -0.25) is 4.21 Å². The largest absolute Gasteiger partial charge is 1.00 e. The average molecular weight is 287 g/mol. The molecule has 0 N–H and O–H groups in total. The Labute approximate surface area is 102 Å². The van der Waals surface area contributed by atoms with Crippen molar-refractivity contribution in [3.8, 4) is 0 Å². The van der Waals surface area contributed by atoms with E-state index in [4.69, 9.17) is 0 Å². The minimum absolute atomic E-state index is 0. The molecule has 0 aliphatic heterocycles. The van der Waals surface area contributed by atoms with E-state index in [-0.39, 0.29) is 18.9 Å². The summed E-state index contributed by atoms with van der Waals surface area (Å²) in [6, 6.07) is 0. The summed E-state index contributed by atoms with van der Waals surface area (Å²) in [6.07, 6.45) is -11.9. The van der Waals surface area contributed by atoms with Crippen LogP contribution in [-0.4, -0.2) is 20.7 Å². The fraction of sp³-hybridized carbons (Fsp3) is 1.00. The van der Waals surface area contributed by atoms with Gasteiger partial charge in [-0.1, -0.05) is 0 Å². The Balaban J connectivity index is 0. The molecule has 0 saturated heterocycles. The maximum absolute atomic E-state index is 11.9. The monoisotopic (exact) mass is 287 g/mol. The molecule has 0 amide bonds. The molecule has 92 valence electrons. The summed E-state index contributed by atoms with van der Waals surface area (Å²) in [5.74, 6) is 0. The molecular formula is C2F6LiNO4S2. The standard InChI is InChI=1S/C2F6NO4S2.Li/c3-1(4,5)2(6,7)12-15(11)9-13-14(8)10;/q-1;+1. The van der Waals surface area contributed by atoms with Crippen LogP contribution in [0.15, 0.2) is 0 Å². The van der Waals surface area contributed by atoms with Crippen LogP contribution in [-0.2, 0) is 31.2 Å². The van der Waals surface area contributed by atoms with Crippen molar-refractivity contribution >= 4 is 22.7 Å². The zero-order valence-corrected chi connectivity index (χ0v) is 8.80. The van der Waals surface area contributed by atoms with Gasteiger partial charge in [-0.05, 0) is 0 Å². The Morgan fingerprint density at radius 3 is 1.81 bits per heavy atom. The van der Waals surface area contributed by atoms with Crippen LogP contribution < -0.4 is 18.9 Å². The zero-order chi connectivity index (χ0) is 12.3. The van der Waals surface area contributed by atoms with Crippen molar-refractivity contribution in [2.24, 2.45) is 0 Å². The van der Waals surface area contributed by atoms with Gasteiger partial charge in [0.05, 0.1) is 11.3 Å². The summed E-state index contributed by atoms with van der Waals surface area (Å²) in [5, 5.41) is 0. The van der Waals surface area contributed by atoms with Crippen molar-refractivity contribution in [1.29, 1.82) is 0 Å². The Bertz CT molecular complexity index is 272. The third-order valence-corrected chi connectivity index (χ3v) is 1.49. The quantitative estimate of drug-likeness (QED) is 0.270. The van der Waals surface area contributed by atoms with E-state index in [1.165, 1.54) is 0 Å². The van der Waals surface area contributed by atoms with Crippen LogP contribution in [0.25, 0.3) is 4.89 Å². The smallest absolute Gasteiger partial charge is 0.406 e. The van der Waals surface area contributed by atoms with Gasteiger partial charge >= 0.3 is 42.6 Å². The van der Waals surface area contributed by atoms with E-state index in [1.807, 2.05) is 4.89 Å². The fourth-order valence-electron chi connectivity index (χ4n) is 0.201. The van der Waals surface area contributed by atoms with Gasteiger partial charge in [-0.25, -0.2) is 4.18 Å². The Kier molecular flexibility index (Phi) is 8.12. The summed E-state index contributed by atoms with van der Waals surface area (Å²) >= 11 is -7.26. The molecule has 14 heteroatoms. The molecule has 2 atom stereocenters. The van der Waals surface area contributed by atoms with Crippen LogP contribution in [0.2, 0.25) is 0 Å². The topological polar surface area (TPSA) is 66.7 Å². The third kappa shape index (κ3) is 6.84. The number of hydrogen-bond donors (Lipinski definition) is 0. The van der Waals surface area contributed by atoms with Crippen LogP contribution in [0.5, 0.6) is 0 Å². The van der Waals surface area contributed by atoms with Crippen molar-refractivity contribution in [2.45, 2.75) is 12.3 Å². The number of hydrogen-bond acceptors (Lipinski definition) is 4. The molecule has 0 aromatic heterocycles. The summed E-state index contributed by atoms with van der Waals surface area (Å²) < 4.78 is 94.3. The summed E-state index contributed by atoms with van der Waals surface area (Å²) in [6.45, 7) is 0. The zero-order valence-electron chi connectivity index (χ0n) is 7.16. The molecule has 16 heavy (non-hydrogen) atoms. The predicted molar refractivity (Wildman–Crippen MR) is 33.9 cm³/mol. The van der Waals surface area contributed by atoms with Crippen LogP contribution in [0, 0.1) is 0 Å². The van der Waals surface area contributed by atoms with Gasteiger partial charge < -0.3 is 9.17 Å². The third-order valence-electron chi connectivity index (χ3n) is 0.656. The molecule has 0 radical (unpaired) electrons. The molecule has 0 saturated carbocycles. The van der Waals surface area contributed by atoms with E-state index in [2.05, 4.69) is 8.47 Å². The van der Waals surface area contributed by atoms with Crippen molar-refractivity contribution < 1.29 is 61.6 Å². The first-order chi connectivity index (χ1) is 6.56. The van der Waals surface area contributed by atoms with Crippen molar-refractivity contribution in [3.05, 3.63) is 4.89 Å². The van der Waals surface area contributed by atoms with E-state index >= 15 is 0 Å². The molecule has 0 spiro atoms. The van der Waals surface area contributed by atoms with Gasteiger partial charge in [0.25, 0.3) is 0 Å². The SMILES string of the molecule is O=S(F)O[N-]S(=O)OC(F)(F)C(F)(F)F.[Li+]. The second-order valence-electron chi connectivity index (χ2n) is 1.66. The molecule has 0 bridgehead atoms. The molecule has 0 aromatic rings. The minimum Gasteiger partial charge on any atom is -0.406 e. The second kappa shape index (κ2) is 6.94. The van der Waals surface area contributed by atoms with E-state index in [0.29, 0.717) is 0 Å². The van der Waals surface area contributed by atoms with Crippen LogP contribution in [0.1, 0.15) is 0 Å². The van der Waals surface area contributed by atoms with Gasteiger partial charge in [0.1, 0.15) is 0 Å². The molecule has 5 nitrogen and oxygen atoms in total. The van der Waals surface area contributed by atoms with Crippen molar-refractivity contribution in [2.75, 3.05) is 0 Å². The maximum atomic E-state index is 11.9. The molecule has 0 aliphatic carbocycles. The average Bonchev–Trinajstić information content (AvgIpc) is 1.97. The van der Waals surface area contributed by atoms with E-state index < -0.39 is 35.0 Å². The molecule has 2 unspecified atom stereocenters. The Morgan fingerprint density at radius 2 is 1.50 bits per heavy atom. The Morgan fingerprint density at radius 1 is 1.06 bits per heavy atom. The fourth-order valence-corrected chi connectivity index (χ4v) is 0.895. The predicted octanol–water partition coefficient (Wildman–Crippen LogP) is -1.41. The molecular weight excluding hydrogens is 287 g/mol. The summed E-state index contributed by atoms with van der Waals surface area (Å²) in [7, 11) is 0. The molecule has 0 fully saturated rings. The van der Waals surface area contributed by atoms with Crippen molar-refractivity contribution in [1.82, 2.24) is 0 Å². The minimum atomic E-state index is -6.12. The van der Waals surface area contributed by atoms with Gasteiger partial charge in [0.2, 0.25) is 0 Å². The number of alkyl halides is 5. The number of nitrogens with zero attached hydrogens (tertiary/aromatic N) is 1. The van der Waals surface area contributed by atoms with E-state index in [0.717, 1.165) is 0 Å². The van der Waals surface area contributed by atoms with Gasteiger partial charge in [0.15, 0.2) is 0 Å². The second-order valence-corrected chi connectivity index (χ2v) is 2.95.